The van der Waals surface area contributed by atoms with Crippen LogP contribution in [0.2, 0.25) is 0 Å². The molecule has 0 spiro atoms. The smallest absolute Gasteiger partial charge is 0.270 e. The van der Waals surface area contributed by atoms with Gasteiger partial charge in [0.25, 0.3) is 11.5 Å². The predicted molar refractivity (Wildman–Crippen MR) is 77.0 cm³/mol. The quantitative estimate of drug-likeness (QED) is 0.806. The van der Waals surface area contributed by atoms with Gasteiger partial charge in [-0.05, 0) is 26.2 Å². The van der Waals surface area contributed by atoms with Gasteiger partial charge < -0.3 is 9.80 Å². The molecule has 2 rings (SSSR count). The van der Waals surface area contributed by atoms with Crippen molar-refractivity contribution in [2.75, 3.05) is 34.2 Å². The lowest BCUT2D eigenvalue weighted by Crippen LogP contribution is -2.37. The molecule has 106 valence electrons. The van der Waals surface area contributed by atoms with Gasteiger partial charge in [-0.15, -0.1) is 0 Å². The third-order valence-corrected chi connectivity index (χ3v) is 3.07. The number of amides is 1. The molecule has 0 bridgehead atoms. The molecule has 0 unspecified atom stereocenters. The second kappa shape index (κ2) is 5.83. The van der Waals surface area contributed by atoms with Crippen LogP contribution in [-0.2, 0) is 0 Å². The van der Waals surface area contributed by atoms with E-state index in [0.29, 0.717) is 12.2 Å². The minimum atomic E-state index is -0.336. The van der Waals surface area contributed by atoms with Gasteiger partial charge >= 0.3 is 0 Å². The third-order valence-electron chi connectivity index (χ3n) is 3.07. The van der Waals surface area contributed by atoms with E-state index in [9.17, 15) is 9.59 Å². The fourth-order valence-corrected chi connectivity index (χ4v) is 1.83. The first kappa shape index (κ1) is 14.2. The Balaban J connectivity index is 2.31. The van der Waals surface area contributed by atoms with Crippen molar-refractivity contribution < 1.29 is 4.79 Å². The van der Waals surface area contributed by atoms with E-state index in [1.165, 1.54) is 15.5 Å². The number of likely N-dealkylation sites (N-methyl/N-ethyl adjacent to an activating group) is 2. The summed E-state index contributed by atoms with van der Waals surface area (Å²) < 4.78 is 1.38. The lowest BCUT2D eigenvalue weighted by molar-refractivity contribution is 0.0784. The molecule has 0 fully saturated rings. The highest BCUT2D eigenvalue weighted by atomic mass is 16.2. The molecule has 2 aromatic heterocycles. The summed E-state index contributed by atoms with van der Waals surface area (Å²) >= 11 is 0. The second-order valence-corrected chi connectivity index (χ2v) is 4.94. The van der Waals surface area contributed by atoms with Crippen LogP contribution in [0.3, 0.4) is 0 Å². The van der Waals surface area contributed by atoms with Gasteiger partial charge in [-0.1, -0.05) is 6.07 Å². The molecule has 0 saturated heterocycles. The van der Waals surface area contributed by atoms with E-state index in [-0.39, 0.29) is 17.0 Å². The Morgan fingerprint density at radius 3 is 2.70 bits per heavy atom. The number of carbonyl (C=O) groups excluding carboxylic acids is 1. The molecule has 0 aliphatic rings. The molecule has 0 aromatic carbocycles. The summed E-state index contributed by atoms with van der Waals surface area (Å²) in [5.74, 6) is -0.303. The van der Waals surface area contributed by atoms with E-state index in [1.807, 2.05) is 19.0 Å². The van der Waals surface area contributed by atoms with Gasteiger partial charge in [-0.25, -0.2) is 4.98 Å². The number of hydrogen-bond donors (Lipinski definition) is 0. The maximum atomic E-state index is 12.3. The molecule has 6 heteroatoms. The van der Waals surface area contributed by atoms with Crippen LogP contribution in [0.1, 0.15) is 10.4 Å². The van der Waals surface area contributed by atoms with Gasteiger partial charge in [0.15, 0.2) is 0 Å². The Bertz CT molecular complexity index is 678. The Morgan fingerprint density at radius 1 is 1.25 bits per heavy atom. The maximum Gasteiger partial charge on any atom is 0.270 e. The molecule has 2 aromatic rings. The van der Waals surface area contributed by atoms with Crippen LogP contribution >= 0.6 is 0 Å². The van der Waals surface area contributed by atoms with Crippen molar-refractivity contribution in [2.45, 2.75) is 0 Å². The van der Waals surface area contributed by atoms with E-state index in [1.54, 1.807) is 31.4 Å². The van der Waals surface area contributed by atoms with E-state index in [2.05, 4.69) is 4.98 Å². The largest absolute Gasteiger partial charge is 0.340 e. The normalized spacial score (nSPS) is 11.0. The van der Waals surface area contributed by atoms with E-state index in [0.717, 1.165) is 6.54 Å². The summed E-state index contributed by atoms with van der Waals surface area (Å²) in [6.07, 6.45) is 2.97. The molecular formula is C14H18N4O2. The SMILES string of the molecule is CN(C)CCN(C)C(=O)c1cnc2ccccn2c1=O. The molecule has 0 atom stereocenters. The van der Waals surface area contributed by atoms with Gasteiger partial charge in [0, 0.05) is 32.5 Å². The topological polar surface area (TPSA) is 57.9 Å². The standard InChI is InChI=1S/C14H18N4O2/c1-16(2)8-9-17(3)13(19)11-10-15-12-6-4-5-7-18(12)14(11)20/h4-7,10H,8-9H2,1-3H3. The van der Waals surface area contributed by atoms with Crippen LogP contribution in [0, 0.1) is 0 Å². The number of fused-ring (bicyclic) bond motifs is 1. The van der Waals surface area contributed by atoms with Gasteiger partial charge in [0.2, 0.25) is 0 Å². The fourth-order valence-electron chi connectivity index (χ4n) is 1.83. The van der Waals surface area contributed by atoms with Gasteiger partial charge in [0.1, 0.15) is 11.2 Å². The second-order valence-electron chi connectivity index (χ2n) is 4.94. The minimum absolute atomic E-state index is 0.0926. The number of nitrogens with zero attached hydrogens (tertiary/aromatic N) is 4. The first-order valence-electron chi connectivity index (χ1n) is 6.37. The van der Waals surface area contributed by atoms with Gasteiger partial charge in [-0.3, -0.25) is 14.0 Å². The molecule has 0 saturated carbocycles. The number of hydrogen-bond acceptors (Lipinski definition) is 4. The zero-order chi connectivity index (χ0) is 14.7. The lowest BCUT2D eigenvalue weighted by Gasteiger charge is -2.19. The van der Waals surface area contributed by atoms with Crippen molar-refractivity contribution in [3.8, 4) is 0 Å². The molecule has 0 aliphatic heterocycles. The van der Waals surface area contributed by atoms with Crippen LogP contribution in [0.4, 0.5) is 0 Å². The fraction of sp³-hybridized carbons (Fsp3) is 0.357. The number of rotatable bonds is 4. The summed E-state index contributed by atoms with van der Waals surface area (Å²) in [5, 5.41) is 0. The highest BCUT2D eigenvalue weighted by molar-refractivity contribution is 5.93. The summed E-state index contributed by atoms with van der Waals surface area (Å²) in [4.78, 5) is 32.2. The Hall–Kier alpha value is -2.21. The van der Waals surface area contributed by atoms with E-state index < -0.39 is 0 Å². The number of carbonyl (C=O) groups is 1. The van der Waals surface area contributed by atoms with Crippen molar-refractivity contribution >= 4 is 11.6 Å². The van der Waals surface area contributed by atoms with Crippen molar-refractivity contribution in [3.05, 3.63) is 46.5 Å². The Kier molecular flexibility index (Phi) is 4.14. The first-order chi connectivity index (χ1) is 9.50. The summed E-state index contributed by atoms with van der Waals surface area (Å²) in [5.41, 5.74) is 0.289. The molecule has 1 amide bonds. The summed E-state index contributed by atoms with van der Waals surface area (Å²) in [6, 6.07) is 5.26. The molecule has 2 heterocycles. The molecule has 0 radical (unpaired) electrons. The number of aromatic nitrogens is 2. The summed E-state index contributed by atoms with van der Waals surface area (Å²) in [6.45, 7) is 1.30. The Morgan fingerprint density at radius 2 is 2.00 bits per heavy atom. The predicted octanol–water partition coefficient (Wildman–Crippen LogP) is 0.328. The van der Waals surface area contributed by atoms with Crippen molar-refractivity contribution in [2.24, 2.45) is 0 Å². The molecule has 0 N–H and O–H groups in total. The van der Waals surface area contributed by atoms with E-state index >= 15 is 0 Å². The van der Waals surface area contributed by atoms with Crippen LogP contribution in [0.15, 0.2) is 35.4 Å². The van der Waals surface area contributed by atoms with Gasteiger partial charge in [-0.2, -0.15) is 0 Å². The highest BCUT2D eigenvalue weighted by Gasteiger charge is 2.17. The van der Waals surface area contributed by atoms with Gasteiger partial charge in [0.05, 0.1) is 0 Å². The molecule has 0 aliphatic carbocycles. The van der Waals surface area contributed by atoms with Crippen molar-refractivity contribution in [1.82, 2.24) is 19.2 Å². The first-order valence-corrected chi connectivity index (χ1v) is 6.37. The highest BCUT2D eigenvalue weighted by Crippen LogP contribution is 2.00. The van der Waals surface area contributed by atoms with Crippen molar-refractivity contribution in [1.29, 1.82) is 0 Å². The number of pyridine rings is 1. The zero-order valence-corrected chi connectivity index (χ0v) is 11.9. The summed E-state index contributed by atoms with van der Waals surface area (Å²) in [7, 11) is 5.56. The third kappa shape index (κ3) is 2.85. The minimum Gasteiger partial charge on any atom is -0.340 e. The monoisotopic (exact) mass is 274 g/mol. The van der Waals surface area contributed by atoms with Crippen LogP contribution < -0.4 is 5.56 Å². The van der Waals surface area contributed by atoms with Crippen LogP contribution in [0.25, 0.3) is 5.65 Å². The van der Waals surface area contributed by atoms with E-state index in [4.69, 9.17) is 0 Å². The Labute approximate surface area is 117 Å². The molecule has 6 nitrogen and oxygen atoms in total. The lowest BCUT2D eigenvalue weighted by atomic mass is 10.3. The van der Waals surface area contributed by atoms with Crippen LogP contribution in [0.5, 0.6) is 0 Å². The molecular weight excluding hydrogens is 256 g/mol. The average molecular weight is 274 g/mol. The van der Waals surface area contributed by atoms with Crippen molar-refractivity contribution in [3.63, 3.8) is 0 Å². The molecule has 20 heavy (non-hydrogen) atoms. The average Bonchev–Trinajstić information content (AvgIpc) is 2.44. The van der Waals surface area contributed by atoms with Crippen LogP contribution in [-0.4, -0.2) is 59.3 Å². The maximum absolute atomic E-state index is 12.3. The zero-order valence-electron chi connectivity index (χ0n) is 11.9.